The predicted molar refractivity (Wildman–Crippen MR) is 99.2 cm³/mol. The van der Waals surface area contributed by atoms with Crippen LogP contribution in [0.1, 0.15) is 18.1 Å². The molecule has 0 aliphatic carbocycles. The molecule has 0 spiro atoms. The number of nitrogens with zero attached hydrogens (tertiary/aromatic N) is 1. The monoisotopic (exact) mass is 377 g/mol. The van der Waals surface area contributed by atoms with Crippen molar-refractivity contribution in [2.75, 3.05) is 13.3 Å². The minimum atomic E-state index is -0.0915. The number of carbonyl (C=O) groups excluding carboxylic acids is 1. The highest BCUT2D eigenvalue weighted by Gasteiger charge is 2.15. The Morgan fingerprint density at radius 2 is 1.96 bits per heavy atom. The van der Waals surface area contributed by atoms with Crippen molar-refractivity contribution in [1.82, 2.24) is 4.90 Å². The Balaban J connectivity index is 1.69. The van der Waals surface area contributed by atoms with Crippen molar-refractivity contribution in [3.8, 4) is 11.5 Å². The number of benzene rings is 2. The van der Waals surface area contributed by atoms with Crippen LogP contribution in [0.5, 0.6) is 11.5 Å². The summed E-state index contributed by atoms with van der Waals surface area (Å²) in [6.07, 6.45) is 3.22. The summed E-state index contributed by atoms with van der Waals surface area (Å²) in [4.78, 5) is 14.2. The van der Waals surface area contributed by atoms with Crippen molar-refractivity contribution in [1.29, 1.82) is 0 Å². The third-order valence-corrected chi connectivity index (χ3v) is 4.43. The molecule has 1 aliphatic heterocycles. The van der Waals surface area contributed by atoms with Crippen LogP contribution in [-0.4, -0.2) is 24.1 Å². The van der Waals surface area contributed by atoms with E-state index in [0.717, 1.165) is 16.9 Å². The van der Waals surface area contributed by atoms with Crippen LogP contribution < -0.4 is 9.47 Å². The summed E-state index contributed by atoms with van der Waals surface area (Å²) in [7, 11) is 0. The minimum Gasteiger partial charge on any atom is -0.454 e. The van der Waals surface area contributed by atoms with Gasteiger partial charge in [0.2, 0.25) is 12.7 Å². The maximum Gasteiger partial charge on any atom is 0.246 e. The maximum absolute atomic E-state index is 12.5. The molecule has 4 nitrogen and oxygen atoms in total. The minimum absolute atomic E-state index is 0.0915. The largest absolute Gasteiger partial charge is 0.454 e. The quantitative estimate of drug-likeness (QED) is 0.703. The summed E-state index contributed by atoms with van der Waals surface area (Å²) < 4.78 is 10.7. The van der Waals surface area contributed by atoms with Crippen LogP contribution >= 0.6 is 23.2 Å². The van der Waals surface area contributed by atoms with E-state index in [1.807, 2.05) is 25.1 Å². The fourth-order valence-electron chi connectivity index (χ4n) is 2.51. The fraction of sp³-hybridized carbons (Fsp3) is 0.211. The van der Waals surface area contributed by atoms with E-state index in [1.165, 1.54) is 6.08 Å². The van der Waals surface area contributed by atoms with Crippen LogP contribution in [0.15, 0.2) is 42.5 Å². The highest BCUT2D eigenvalue weighted by Crippen LogP contribution is 2.32. The van der Waals surface area contributed by atoms with Gasteiger partial charge in [-0.2, -0.15) is 0 Å². The number of likely N-dealkylation sites (N-methyl/N-ethyl adjacent to an activating group) is 1. The van der Waals surface area contributed by atoms with Crippen molar-refractivity contribution in [3.05, 3.63) is 63.6 Å². The van der Waals surface area contributed by atoms with E-state index in [0.29, 0.717) is 28.9 Å². The number of halogens is 2. The Kier molecular flexibility index (Phi) is 5.51. The molecule has 25 heavy (non-hydrogen) atoms. The van der Waals surface area contributed by atoms with Crippen molar-refractivity contribution >= 4 is 35.2 Å². The zero-order chi connectivity index (χ0) is 17.8. The lowest BCUT2D eigenvalue weighted by atomic mass is 10.1. The molecule has 0 bridgehead atoms. The molecule has 0 atom stereocenters. The van der Waals surface area contributed by atoms with Gasteiger partial charge in [-0.05, 0) is 48.4 Å². The first kappa shape index (κ1) is 17.6. The molecular formula is C19H17Cl2NO3. The number of ether oxygens (including phenoxy) is 2. The molecule has 0 N–H and O–H groups in total. The number of rotatable bonds is 5. The molecule has 0 saturated heterocycles. The maximum atomic E-state index is 12.5. The van der Waals surface area contributed by atoms with Crippen molar-refractivity contribution in [3.63, 3.8) is 0 Å². The van der Waals surface area contributed by atoms with Gasteiger partial charge in [0.15, 0.2) is 11.5 Å². The molecule has 0 saturated carbocycles. The summed E-state index contributed by atoms with van der Waals surface area (Å²) in [6, 6.07) is 10.9. The van der Waals surface area contributed by atoms with E-state index in [-0.39, 0.29) is 12.7 Å². The molecular weight excluding hydrogens is 361 g/mol. The van der Waals surface area contributed by atoms with Crippen LogP contribution in [0.4, 0.5) is 0 Å². The molecule has 6 heteroatoms. The molecule has 3 rings (SSSR count). The molecule has 1 amide bonds. The van der Waals surface area contributed by atoms with E-state index in [4.69, 9.17) is 32.7 Å². The Morgan fingerprint density at radius 3 is 2.72 bits per heavy atom. The van der Waals surface area contributed by atoms with Crippen LogP contribution in [0.25, 0.3) is 6.08 Å². The van der Waals surface area contributed by atoms with Gasteiger partial charge in [0, 0.05) is 29.2 Å². The average molecular weight is 378 g/mol. The Labute approximate surface area is 156 Å². The lowest BCUT2D eigenvalue weighted by Gasteiger charge is -2.19. The van der Waals surface area contributed by atoms with Gasteiger partial charge < -0.3 is 14.4 Å². The number of amides is 1. The van der Waals surface area contributed by atoms with Gasteiger partial charge in [0.1, 0.15) is 0 Å². The van der Waals surface area contributed by atoms with E-state index in [9.17, 15) is 4.79 Å². The Hall–Kier alpha value is -2.17. The molecule has 1 heterocycles. The lowest BCUT2D eigenvalue weighted by Crippen LogP contribution is -2.28. The SMILES string of the molecule is CCN(Cc1ccc2c(c1)OCO2)C(=O)/C=C/c1ccc(Cl)cc1Cl. The lowest BCUT2D eigenvalue weighted by molar-refractivity contribution is -0.126. The van der Waals surface area contributed by atoms with Crippen molar-refractivity contribution in [2.24, 2.45) is 0 Å². The summed E-state index contributed by atoms with van der Waals surface area (Å²) in [5, 5.41) is 1.07. The average Bonchev–Trinajstić information content (AvgIpc) is 3.06. The third-order valence-electron chi connectivity index (χ3n) is 3.87. The second kappa shape index (κ2) is 7.81. The zero-order valence-electron chi connectivity index (χ0n) is 13.7. The van der Waals surface area contributed by atoms with E-state index in [1.54, 1.807) is 29.2 Å². The van der Waals surface area contributed by atoms with Crippen molar-refractivity contribution < 1.29 is 14.3 Å². The van der Waals surface area contributed by atoms with Gasteiger partial charge in [0.05, 0.1) is 0 Å². The molecule has 2 aromatic carbocycles. The normalized spacial score (nSPS) is 12.6. The smallest absolute Gasteiger partial charge is 0.246 e. The number of hydrogen-bond donors (Lipinski definition) is 0. The highest BCUT2D eigenvalue weighted by molar-refractivity contribution is 6.35. The highest BCUT2D eigenvalue weighted by atomic mass is 35.5. The number of carbonyl (C=O) groups is 1. The fourth-order valence-corrected chi connectivity index (χ4v) is 2.98. The van der Waals surface area contributed by atoms with Gasteiger partial charge in [-0.25, -0.2) is 0 Å². The number of hydrogen-bond acceptors (Lipinski definition) is 3. The number of fused-ring (bicyclic) bond motifs is 1. The molecule has 0 unspecified atom stereocenters. The molecule has 0 radical (unpaired) electrons. The Morgan fingerprint density at radius 1 is 1.16 bits per heavy atom. The second-order valence-electron chi connectivity index (χ2n) is 5.54. The van der Waals surface area contributed by atoms with Crippen LogP contribution in [0, 0.1) is 0 Å². The predicted octanol–water partition coefficient (Wildman–Crippen LogP) is 4.78. The summed E-state index contributed by atoms with van der Waals surface area (Å²) in [5.74, 6) is 1.35. The molecule has 0 fully saturated rings. The summed E-state index contributed by atoms with van der Waals surface area (Å²) >= 11 is 12.0. The standard InChI is InChI=1S/C19H17Cl2NO3/c1-2-22(11-13-3-7-17-18(9-13)25-12-24-17)19(23)8-5-14-4-6-15(20)10-16(14)21/h3-10H,2,11-12H2,1H3/b8-5+. The first-order valence-corrected chi connectivity index (χ1v) is 8.63. The van der Waals surface area contributed by atoms with Crippen molar-refractivity contribution in [2.45, 2.75) is 13.5 Å². The topological polar surface area (TPSA) is 38.8 Å². The summed E-state index contributed by atoms with van der Waals surface area (Å²) in [6.45, 7) is 3.25. The molecule has 2 aromatic rings. The Bertz CT molecular complexity index is 820. The first-order chi connectivity index (χ1) is 12.1. The van der Waals surface area contributed by atoms with Gasteiger partial charge in [-0.1, -0.05) is 35.3 Å². The van der Waals surface area contributed by atoms with Gasteiger partial charge in [0.25, 0.3) is 0 Å². The summed E-state index contributed by atoms with van der Waals surface area (Å²) in [5.41, 5.74) is 1.73. The second-order valence-corrected chi connectivity index (χ2v) is 6.38. The van der Waals surface area contributed by atoms with E-state index >= 15 is 0 Å². The zero-order valence-corrected chi connectivity index (χ0v) is 15.2. The van der Waals surface area contributed by atoms with Gasteiger partial charge in [-0.3, -0.25) is 4.79 Å². The molecule has 0 aromatic heterocycles. The third kappa shape index (κ3) is 4.27. The van der Waals surface area contributed by atoms with Crippen LogP contribution in [0.3, 0.4) is 0 Å². The van der Waals surface area contributed by atoms with E-state index < -0.39 is 0 Å². The molecule has 1 aliphatic rings. The van der Waals surface area contributed by atoms with Gasteiger partial charge in [-0.15, -0.1) is 0 Å². The van der Waals surface area contributed by atoms with Crippen LogP contribution in [0.2, 0.25) is 10.0 Å². The first-order valence-electron chi connectivity index (χ1n) is 7.87. The van der Waals surface area contributed by atoms with E-state index in [2.05, 4.69) is 0 Å². The van der Waals surface area contributed by atoms with Gasteiger partial charge >= 0.3 is 0 Å². The van der Waals surface area contributed by atoms with Crippen LogP contribution in [-0.2, 0) is 11.3 Å². The molecule has 130 valence electrons.